The second kappa shape index (κ2) is 11.8. The quantitative estimate of drug-likeness (QED) is 0.177. The number of hydrogen-bond donors (Lipinski definition) is 0. The fraction of sp³-hybridized carbons (Fsp3) is 0. The number of nitrogens with zero attached hydrogens (tertiary/aromatic N) is 5. The number of rotatable bonds is 4. The number of hydrogen-bond acceptors (Lipinski definition) is 1. The largest absolute Gasteiger partial charge is 0.307 e. The van der Waals surface area contributed by atoms with Gasteiger partial charge in [-0.2, -0.15) is 0 Å². The number of pyridine rings is 1. The van der Waals surface area contributed by atoms with Gasteiger partial charge >= 0.3 is 0 Å². The number of para-hydroxylation sites is 7. The lowest BCUT2D eigenvalue weighted by molar-refractivity contribution is 0.983. The molecule has 5 nitrogen and oxygen atoms in total. The molecule has 13 rings (SSSR count). The monoisotopic (exact) mass is 739 g/mol. The minimum absolute atomic E-state index is 0.860. The van der Waals surface area contributed by atoms with Gasteiger partial charge < -0.3 is 9.13 Å². The van der Waals surface area contributed by atoms with Crippen molar-refractivity contribution in [3.05, 3.63) is 200 Å². The molecule has 5 heteroatoms. The van der Waals surface area contributed by atoms with Crippen molar-refractivity contribution < 1.29 is 0 Å². The van der Waals surface area contributed by atoms with Gasteiger partial charge in [-0.15, -0.1) is 0 Å². The van der Waals surface area contributed by atoms with Crippen LogP contribution in [0.25, 0.3) is 110 Å². The molecule has 0 atom stereocenters. The Morgan fingerprint density at radius 1 is 0.259 bits per heavy atom. The summed E-state index contributed by atoms with van der Waals surface area (Å²) in [5, 5.41) is 9.64. The van der Waals surface area contributed by atoms with Gasteiger partial charge in [0.2, 0.25) is 0 Å². The molecule has 5 heterocycles. The van der Waals surface area contributed by atoms with Crippen molar-refractivity contribution >= 4 is 87.2 Å². The third-order valence-electron chi connectivity index (χ3n) is 12.2. The van der Waals surface area contributed by atoms with Crippen molar-refractivity contribution in [2.45, 2.75) is 0 Å². The first-order chi connectivity index (χ1) is 28.8. The lowest BCUT2D eigenvalue weighted by Crippen LogP contribution is -2.09. The van der Waals surface area contributed by atoms with E-state index in [0.29, 0.717) is 0 Å². The van der Waals surface area contributed by atoms with Crippen LogP contribution in [0.4, 0.5) is 0 Å². The maximum Gasteiger partial charge on any atom is 0.164 e. The molecule has 58 heavy (non-hydrogen) atoms. The van der Waals surface area contributed by atoms with Crippen LogP contribution in [0.5, 0.6) is 0 Å². The van der Waals surface area contributed by atoms with E-state index < -0.39 is 0 Å². The predicted molar refractivity (Wildman–Crippen MR) is 242 cm³/mol. The van der Waals surface area contributed by atoms with E-state index in [0.717, 1.165) is 56.1 Å². The highest BCUT2D eigenvalue weighted by molar-refractivity contribution is 6.24. The first-order valence-electron chi connectivity index (χ1n) is 19.8. The third-order valence-corrected chi connectivity index (χ3v) is 12.2. The normalized spacial score (nSPS) is 12.1. The maximum absolute atomic E-state index is 5.83. The summed E-state index contributed by atoms with van der Waals surface area (Å²) in [6.45, 7) is 0. The second-order valence-corrected chi connectivity index (χ2v) is 15.2. The standard InChI is InChI=1S/C53H33N5/c1-2-16-34(17-3-1)55-43-24-10-8-22-39(43)41-30-31-42-40-23-9-13-27-46(40)57(52(42)51(41)55)49-32-33-50(56-44-25-11-4-18-35(44)36-19-5-12-26-45(36)56)54-53(49)58-47-28-14-6-20-37(47)38-21-7-15-29-48(38)58/h1-33H. The van der Waals surface area contributed by atoms with Crippen LogP contribution in [0, 0.1) is 0 Å². The molecule has 0 saturated heterocycles. The highest BCUT2D eigenvalue weighted by Gasteiger charge is 2.25. The van der Waals surface area contributed by atoms with E-state index in [4.69, 9.17) is 4.98 Å². The van der Waals surface area contributed by atoms with E-state index in [-0.39, 0.29) is 0 Å². The molecule has 0 amide bonds. The summed E-state index contributed by atoms with van der Waals surface area (Å²) in [5.41, 5.74) is 11.2. The molecule has 8 aromatic carbocycles. The molecular formula is C53H33N5. The lowest BCUT2D eigenvalue weighted by atomic mass is 10.1. The molecule has 0 N–H and O–H groups in total. The van der Waals surface area contributed by atoms with Crippen molar-refractivity contribution in [3.63, 3.8) is 0 Å². The summed E-state index contributed by atoms with van der Waals surface area (Å²) in [7, 11) is 0. The molecule has 0 aliphatic carbocycles. The van der Waals surface area contributed by atoms with Gasteiger partial charge in [0.15, 0.2) is 5.82 Å². The molecule has 0 radical (unpaired) electrons. The van der Waals surface area contributed by atoms with E-state index in [1.54, 1.807) is 0 Å². The summed E-state index contributed by atoms with van der Waals surface area (Å²) < 4.78 is 9.63. The van der Waals surface area contributed by atoms with E-state index >= 15 is 0 Å². The molecule has 5 aromatic heterocycles. The van der Waals surface area contributed by atoms with Gasteiger partial charge in [0.05, 0.1) is 49.8 Å². The van der Waals surface area contributed by atoms with Crippen LogP contribution in [0.3, 0.4) is 0 Å². The molecule has 13 aromatic rings. The fourth-order valence-electron chi connectivity index (χ4n) is 9.81. The van der Waals surface area contributed by atoms with E-state index in [1.165, 1.54) is 54.1 Å². The van der Waals surface area contributed by atoms with Crippen LogP contribution in [0.15, 0.2) is 200 Å². The van der Waals surface area contributed by atoms with Gasteiger partial charge in [0.1, 0.15) is 5.82 Å². The predicted octanol–water partition coefficient (Wildman–Crippen LogP) is 13.5. The Kier molecular flexibility index (Phi) is 6.38. The Hall–Kier alpha value is -7.89. The molecule has 0 aliphatic heterocycles. The molecular weight excluding hydrogens is 707 g/mol. The number of benzene rings is 8. The van der Waals surface area contributed by atoms with E-state index in [9.17, 15) is 0 Å². The van der Waals surface area contributed by atoms with Crippen molar-refractivity contribution in [3.8, 4) is 23.0 Å². The summed E-state index contributed by atoms with van der Waals surface area (Å²) in [6, 6.07) is 72.3. The van der Waals surface area contributed by atoms with Gasteiger partial charge in [0.25, 0.3) is 0 Å². The van der Waals surface area contributed by atoms with Crippen LogP contribution in [-0.2, 0) is 0 Å². The van der Waals surface area contributed by atoms with Crippen molar-refractivity contribution in [2.75, 3.05) is 0 Å². The van der Waals surface area contributed by atoms with Crippen LogP contribution < -0.4 is 0 Å². The highest BCUT2D eigenvalue weighted by Crippen LogP contribution is 2.44. The summed E-state index contributed by atoms with van der Waals surface area (Å²) in [6.07, 6.45) is 0. The Bertz CT molecular complexity index is 3690. The summed E-state index contributed by atoms with van der Waals surface area (Å²) in [5.74, 6) is 1.72. The van der Waals surface area contributed by atoms with Gasteiger partial charge in [-0.05, 0) is 60.7 Å². The van der Waals surface area contributed by atoms with Crippen LogP contribution in [-0.4, -0.2) is 23.3 Å². The van der Waals surface area contributed by atoms with Crippen molar-refractivity contribution in [1.29, 1.82) is 0 Å². The molecule has 270 valence electrons. The zero-order valence-electron chi connectivity index (χ0n) is 31.3. The zero-order valence-corrected chi connectivity index (χ0v) is 31.3. The first kappa shape index (κ1) is 31.3. The zero-order chi connectivity index (χ0) is 37.9. The number of aromatic nitrogens is 5. The molecule has 0 bridgehead atoms. The van der Waals surface area contributed by atoms with Crippen molar-refractivity contribution in [1.82, 2.24) is 23.3 Å². The van der Waals surface area contributed by atoms with Gasteiger partial charge in [-0.3, -0.25) is 9.13 Å². The smallest absolute Gasteiger partial charge is 0.164 e. The van der Waals surface area contributed by atoms with Crippen molar-refractivity contribution in [2.24, 2.45) is 0 Å². The Labute approximate surface area is 332 Å². The third kappa shape index (κ3) is 4.17. The first-order valence-corrected chi connectivity index (χ1v) is 19.8. The van der Waals surface area contributed by atoms with Crippen LogP contribution >= 0.6 is 0 Å². The van der Waals surface area contributed by atoms with E-state index in [1.807, 2.05) is 0 Å². The topological polar surface area (TPSA) is 32.6 Å². The summed E-state index contributed by atoms with van der Waals surface area (Å²) in [4.78, 5) is 5.83. The van der Waals surface area contributed by atoms with Gasteiger partial charge in [-0.25, -0.2) is 4.98 Å². The second-order valence-electron chi connectivity index (χ2n) is 15.2. The Balaban J connectivity index is 1.24. The minimum Gasteiger partial charge on any atom is -0.307 e. The minimum atomic E-state index is 0.860. The van der Waals surface area contributed by atoms with Gasteiger partial charge in [0, 0.05) is 48.8 Å². The molecule has 0 fully saturated rings. The molecule has 0 spiro atoms. The Morgan fingerprint density at radius 3 is 1.10 bits per heavy atom. The average Bonchev–Trinajstić information content (AvgIpc) is 4.02. The van der Waals surface area contributed by atoms with E-state index in [2.05, 4.69) is 218 Å². The fourth-order valence-corrected chi connectivity index (χ4v) is 9.81. The van der Waals surface area contributed by atoms with Crippen LogP contribution in [0.2, 0.25) is 0 Å². The SMILES string of the molecule is c1ccc(-n2c3ccccc3c3ccc4c5ccccc5n(-c5ccc(-n6c7ccccc7c7ccccc76)nc5-n5c6ccccc6c6ccccc65)c4c32)cc1. The molecule has 0 aliphatic rings. The summed E-state index contributed by atoms with van der Waals surface area (Å²) >= 11 is 0. The maximum atomic E-state index is 5.83. The lowest BCUT2D eigenvalue weighted by Gasteiger charge is -2.19. The number of fused-ring (bicyclic) bond motifs is 13. The van der Waals surface area contributed by atoms with Crippen LogP contribution in [0.1, 0.15) is 0 Å². The Morgan fingerprint density at radius 2 is 0.621 bits per heavy atom. The average molecular weight is 740 g/mol. The molecule has 0 saturated carbocycles. The highest BCUT2D eigenvalue weighted by atomic mass is 15.2. The van der Waals surface area contributed by atoms with Gasteiger partial charge in [-0.1, -0.05) is 140 Å². The molecule has 0 unspecified atom stereocenters.